The molecule has 1 aliphatic carbocycles. The Morgan fingerprint density at radius 2 is 2.40 bits per heavy atom. The van der Waals surface area contributed by atoms with E-state index in [-0.39, 0.29) is 5.69 Å². The summed E-state index contributed by atoms with van der Waals surface area (Å²) in [5.74, 6) is 0.568. The summed E-state index contributed by atoms with van der Waals surface area (Å²) in [6, 6.07) is 0.324. The van der Waals surface area contributed by atoms with Crippen LogP contribution >= 0.6 is 0 Å². The molecule has 0 bridgehead atoms. The molecule has 2 rings (SSSR count). The van der Waals surface area contributed by atoms with Gasteiger partial charge >= 0.3 is 5.69 Å². The molecule has 5 heteroatoms. The van der Waals surface area contributed by atoms with E-state index in [1.165, 1.54) is 22.1 Å². The van der Waals surface area contributed by atoms with Gasteiger partial charge in [0.15, 0.2) is 0 Å². The molecule has 0 radical (unpaired) electrons. The van der Waals surface area contributed by atoms with Crippen LogP contribution in [0.3, 0.4) is 0 Å². The SMILES string of the molecule is Cn1cnn(CCC2CCCC2N)c1=O. The summed E-state index contributed by atoms with van der Waals surface area (Å²) < 4.78 is 3.01. The minimum absolute atomic E-state index is 0.0402. The molecule has 1 saturated carbocycles. The van der Waals surface area contributed by atoms with Crippen LogP contribution in [0.15, 0.2) is 11.1 Å². The lowest BCUT2D eigenvalue weighted by molar-refractivity contribution is 0.397. The average molecular weight is 210 g/mol. The number of rotatable bonds is 3. The zero-order valence-corrected chi connectivity index (χ0v) is 9.09. The van der Waals surface area contributed by atoms with Gasteiger partial charge in [-0.15, -0.1) is 0 Å². The Bertz CT molecular complexity index is 381. The highest BCUT2D eigenvalue weighted by Gasteiger charge is 2.23. The van der Waals surface area contributed by atoms with Crippen LogP contribution in [0.2, 0.25) is 0 Å². The van der Waals surface area contributed by atoms with E-state index in [1.807, 2.05) is 0 Å². The zero-order chi connectivity index (χ0) is 10.8. The van der Waals surface area contributed by atoms with Gasteiger partial charge in [0.05, 0.1) is 0 Å². The lowest BCUT2D eigenvalue weighted by Crippen LogP contribution is -2.28. The quantitative estimate of drug-likeness (QED) is 0.769. The van der Waals surface area contributed by atoms with Crippen LogP contribution in [0.25, 0.3) is 0 Å². The highest BCUT2D eigenvalue weighted by atomic mass is 16.2. The summed E-state index contributed by atoms with van der Waals surface area (Å²) in [5.41, 5.74) is 5.93. The summed E-state index contributed by atoms with van der Waals surface area (Å²) in [4.78, 5) is 11.5. The van der Waals surface area contributed by atoms with Crippen LogP contribution in [-0.2, 0) is 13.6 Å². The average Bonchev–Trinajstić information content (AvgIpc) is 2.74. The maximum Gasteiger partial charge on any atom is 0.345 e. The summed E-state index contributed by atoms with van der Waals surface area (Å²) in [6.45, 7) is 0.693. The van der Waals surface area contributed by atoms with Gasteiger partial charge in [0.1, 0.15) is 6.33 Å². The Morgan fingerprint density at radius 1 is 1.60 bits per heavy atom. The third-order valence-electron chi connectivity index (χ3n) is 3.32. The van der Waals surface area contributed by atoms with Crippen molar-refractivity contribution in [1.82, 2.24) is 14.3 Å². The van der Waals surface area contributed by atoms with Crippen LogP contribution in [0.4, 0.5) is 0 Å². The van der Waals surface area contributed by atoms with Crippen LogP contribution in [-0.4, -0.2) is 20.4 Å². The Kier molecular flexibility index (Phi) is 2.90. The van der Waals surface area contributed by atoms with Crippen LogP contribution in [0.5, 0.6) is 0 Å². The molecule has 1 aromatic heterocycles. The van der Waals surface area contributed by atoms with Crippen LogP contribution in [0.1, 0.15) is 25.7 Å². The first-order valence-corrected chi connectivity index (χ1v) is 5.52. The molecule has 84 valence electrons. The first-order chi connectivity index (χ1) is 7.18. The largest absolute Gasteiger partial charge is 0.345 e. The molecule has 5 nitrogen and oxygen atoms in total. The van der Waals surface area contributed by atoms with E-state index in [4.69, 9.17) is 5.73 Å². The molecule has 0 spiro atoms. The van der Waals surface area contributed by atoms with Crippen molar-refractivity contribution in [3.63, 3.8) is 0 Å². The van der Waals surface area contributed by atoms with E-state index in [1.54, 1.807) is 13.4 Å². The Hall–Kier alpha value is -1.10. The van der Waals surface area contributed by atoms with Crippen LogP contribution in [0, 0.1) is 5.92 Å². The van der Waals surface area contributed by atoms with Crippen molar-refractivity contribution < 1.29 is 0 Å². The summed E-state index contributed by atoms with van der Waals surface area (Å²) >= 11 is 0. The van der Waals surface area contributed by atoms with E-state index < -0.39 is 0 Å². The molecule has 15 heavy (non-hydrogen) atoms. The number of aryl methyl sites for hydroxylation is 2. The van der Waals surface area contributed by atoms with Gasteiger partial charge in [0.2, 0.25) is 0 Å². The van der Waals surface area contributed by atoms with E-state index in [9.17, 15) is 4.79 Å². The predicted molar refractivity (Wildman–Crippen MR) is 57.4 cm³/mol. The highest BCUT2D eigenvalue weighted by Crippen LogP contribution is 2.26. The Balaban J connectivity index is 1.93. The molecular formula is C10H18N4O. The van der Waals surface area contributed by atoms with Gasteiger partial charge < -0.3 is 5.73 Å². The number of nitrogens with two attached hydrogens (primary N) is 1. The number of hydrogen-bond acceptors (Lipinski definition) is 3. The summed E-state index contributed by atoms with van der Waals surface area (Å²) in [5, 5.41) is 4.03. The third kappa shape index (κ3) is 2.12. The van der Waals surface area contributed by atoms with E-state index in [2.05, 4.69) is 5.10 Å². The van der Waals surface area contributed by atoms with Gasteiger partial charge in [0.25, 0.3) is 0 Å². The highest BCUT2D eigenvalue weighted by molar-refractivity contribution is 4.80. The Labute approximate surface area is 88.9 Å². The second kappa shape index (κ2) is 4.18. The molecule has 1 heterocycles. The monoisotopic (exact) mass is 210 g/mol. The fourth-order valence-electron chi connectivity index (χ4n) is 2.29. The fourth-order valence-corrected chi connectivity index (χ4v) is 2.29. The van der Waals surface area contributed by atoms with Crippen molar-refractivity contribution in [3.8, 4) is 0 Å². The van der Waals surface area contributed by atoms with Gasteiger partial charge in [0, 0.05) is 19.6 Å². The fraction of sp³-hybridized carbons (Fsp3) is 0.800. The molecule has 0 aliphatic heterocycles. The molecule has 1 fully saturated rings. The van der Waals surface area contributed by atoms with E-state index in [0.29, 0.717) is 18.5 Å². The molecule has 2 unspecified atom stereocenters. The molecule has 0 saturated heterocycles. The maximum atomic E-state index is 11.5. The molecule has 0 aromatic carbocycles. The number of nitrogens with zero attached hydrogens (tertiary/aromatic N) is 3. The number of aromatic nitrogens is 3. The second-order valence-corrected chi connectivity index (χ2v) is 4.39. The molecule has 1 aromatic rings. The molecule has 1 aliphatic rings. The lowest BCUT2D eigenvalue weighted by atomic mass is 10.0. The van der Waals surface area contributed by atoms with Crippen molar-refractivity contribution >= 4 is 0 Å². The third-order valence-corrected chi connectivity index (χ3v) is 3.32. The normalized spacial score (nSPS) is 26.0. The summed E-state index contributed by atoms with van der Waals surface area (Å²) in [6.07, 6.45) is 6.07. The van der Waals surface area contributed by atoms with Crippen molar-refractivity contribution in [1.29, 1.82) is 0 Å². The molecular weight excluding hydrogens is 192 g/mol. The maximum absolute atomic E-state index is 11.5. The van der Waals surface area contributed by atoms with Gasteiger partial charge in [-0.3, -0.25) is 4.57 Å². The molecule has 2 atom stereocenters. The van der Waals surface area contributed by atoms with Crippen molar-refractivity contribution in [2.45, 2.75) is 38.3 Å². The van der Waals surface area contributed by atoms with Gasteiger partial charge in [-0.2, -0.15) is 5.10 Å². The van der Waals surface area contributed by atoms with E-state index in [0.717, 1.165) is 12.8 Å². The lowest BCUT2D eigenvalue weighted by Gasteiger charge is -2.14. The topological polar surface area (TPSA) is 65.8 Å². The van der Waals surface area contributed by atoms with Gasteiger partial charge in [-0.05, 0) is 25.2 Å². The minimum Gasteiger partial charge on any atom is -0.327 e. The van der Waals surface area contributed by atoms with E-state index >= 15 is 0 Å². The van der Waals surface area contributed by atoms with Gasteiger partial charge in [-0.25, -0.2) is 9.48 Å². The summed E-state index contributed by atoms with van der Waals surface area (Å²) in [7, 11) is 1.72. The second-order valence-electron chi connectivity index (χ2n) is 4.39. The zero-order valence-electron chi connectivity index (χ0n) is 9.09. The van der Waals surface area contributed by atoms with Crippen LogP contribution < -0.4 is 11.4 Å². The minimum atomic E-state index is -0.0402. The van der Waals surface area contributed by atoms with Crippen molar-refractivity contribution in [2.24, 2.45) is 18.7 Å². The molecule has 2 N–H and O–H groups in total. The Morgan fingerprint density at radius 3 is 2.93 bits per heavy atom. The van der Waals surface area contributed by atoms with Gasteiger partial charge in [-0.1, -0.05) is 6.42 Å². The standard InChI is InChI=1S/C10H18N4O/c1-13-7-12-14(10(13)15)6-5-8-3-2-4-9(8)11/h7-9H,2-6,11H2,1H3. The van der Waals surface area contributed by atoms with Crippen molar-refractivity contribution in [2.75, 3.05) is 0 Å². The molecule has 0 amide bonds. The number of hydrogen-bond donors (Lipinski definition) is 1. The van der Waals surface area contributed by atoms with Crippen molar-refractivity contribution in [3.05, 3.63) is 16.8 Å². The predicted octanol–water partition coefficient (Wildman–Crippen LogP) is 0.0993. The first-order valence-electron chi connectivity index (χ1n) is 5.52. The first kappa shape index (κ1) is 10.4. The smallest absolute Gasteiger partial charge is 0.327 e.